The van der Waals surface area contributed by atoms with Crippen molar-refractivity contribution in [1.82, 2.24) is 8.96 Å². The molecule has 0 unspecified atom stereocenters. The number of fused-ring (bicyclic) bond motifs is 2. The van der Waals surface area contributed by atoms with E-state index in [9.17, 15) is 17.2 Å². The van der Waals surface area contributed by atoms with E-state index in [4.69, 9.17) is 0 Å². The molecular weight excluding hydrogens is 554 g/mol. The lowest BCUT2D eigenvalue weighted by Gasteiger charge is -2.07. The molecule has 0 fully saturated rings. The fraction of sp³-hybridized carbons (Fsp3) is 0. The van der Waals surface area contributed by atoms with Gasteiger partial charge in [0.25, 0.3) is 10.0 Å². The summed E-state index contributed by atoms with van der Waals surface area (Å²) in [5.74, 6) is -0.723. The maximum absolute atomic E-state index is 13.5. The van der Waals surface area contributed by atoms with Crippen molar-refractivity contribution in [2.75, 3.05) is 0 Å². The minimum atomic E-state index is -3.73. The summed E-state index contributed by atoms with van der Waals surface area (Å²) in [5.41, 5.74) is 1.12. The minimum Gasteiger partial charge on any atom is -0.361 e. The third-order valence-corrected chi connectivity index (χ3v) is 7.59. The Morgan fingerprint density at radius 3 is 2.16 bits per heavy atom. The van der Waals surface area contributed by atoms with Crippen LogP contribution in [0.1, 0.15) is 0 Å². The van der Waals surface area contributed by atoms with Gasteiger partial charge in [0.1, 0.15) is 11.6 Å². The molecule has 0 saturated carbocycles. The molecule has 0 atom stereocenters. The first kappa shape index (κ1) is 21.7. The van der Waals surface area contributed by atoms with E-state index in [1.165, 1.54) is 42.6 Å². The second-order valence-electron chi connectivity index (χ2n) is 6.58. The van der Waals surface area contributed by atoms with E-state index in [1.807, 2.05) is 6.07 Å². The average Bonchev–Trinajstić information content (AvgIpc) is 3.36. The quantitative estimate of drug-likeness (QED) is 0.254. The van der Waals surface area contributed by atoms with Gasteiger partial charge in [-0.05, 0) is 80.4 Å². The summed E-state index contributed by atoms with van der Waals surface area (Å²) in [4.78, 5) is 3.10. The van der Waals surface area contributed by atoms with Gasteiger partial charge in [0, 0.05) is 37.6 Å². The Labute approximate surface area is 193 Å². The highest BCUT2D eigenvalue weighted by atomic mass is 79.9. The highest BCUT2D eigenvalue weighted by Crippen LogP contribution is 2.29. The zero-order valence-electron chi connectivity index (χ0n) is 15.7. The van der Waals surface area contributed by atoms with Gasteiger partial charge in [-0.1, -0.05) is 18.2 Å². The van der Waals surface area contributed by atoms with Crippen molar-refractivity contribution in [1.29, 1.82) is 0 Å². The zero-order valence-corrected chi connectivity index (χ0v) is 19.7. The van der Waals surface area contributed by atoms with Crippen LogP contribution in [0.25, 0.3) is 21.8 Å². The van der Waals surface area contributed by atoms with Crippen molar-refractivity contribution < 1.29 is 17.2 Å². The molecule has 158 valence electrons. The van der Waals surface area contributed by atoms with Crippen molar-refractivity contribution in [2.45, 2.75) is 4.90 Å². The van der Waals surface area contributed by atoms with E-state index in [-0.39, 0.29) is 10.7 Å². The van der Waals surface area contributed by atoms with E-state index in [0.29, 0.717) is 15.4 Å². The number of halogens is 4. The standard InChI is InChI=1S/C14H9BrFNO2S.C8H5BrFN/c15-13-8-10(16)9-14-12(13)6-7-17(14)20(18,19)11-4-2-1-3-5-11;9-7-3-5(10)4-8-6(7)1-2-11-8/h1-9H;1-4,11H. The van der Waals surface area contributed by atoms with Crippen LogP contribution in [-0.4, -0.2) is 17.4 Å². The molecule has 0 aliphatic rings. The normalized spacial score (nSPS) is 11.5. The number of hydrogen-bond acceptors (Lipinski definition) is 2. The molecule has 2 aromatic heterocycles. The SMILES string of the molecule is Fc1cc(Br)c2cc[nH]c2c1.O=S(=O)(c1ccccc1)n1ccc2c(Br)cc(F)cc21. The molecular formula is C22H14Br2F2N2O2S. The maximum atomic E-state index is 13.5. The molecule has 0 saturated heterocycles. The lowest BCUT2D eigenvalue weighted by molar-refractivity contribution is 0.589. The first-order valence-electron chi connectivity index (χ1n) is 8.96. The van der Waals surface area contributed by atoms with Crippen LogP contribution in [0.5, 0.6) is 0 Å². The van der Waals surface area contributed by atoms with E-state index < -0.39 is 15.8 Å². The van der Waals surface area contributed by atoms with Gasteiger partial charge in [-0.2, -0.15) is 0 Å². The van der Waals surface area contributed by atoms with Gasteiger partial charge in [-0.3, -0.25) is 0 Å². The van der Waals surface area contributed by atoms with Crippen molar-refractivity contribution >= 4 is 63.7 Å². The largest absolute Gasteiger partial charge is 0.361 e. The van der Waals surface area contributed by atoms with Crippen LogP contribution in [0.4, 0.5) is 8.78 Å². The van der Waals surface area contributed by atoms with Gasteiger partial charge in [0.15, 0.2) is 0 Å². The summed E-state index contributed by atoms with van der Waals surface area (Å²) in [6.07, 6.45) is 3.21. The van der Waals surface area contributed by atoms with Gasteiger partial charge in [-0.15, -0.1) is 0 Å². The zero-order chi connectivity index (χ0) is 22.2. The van der Waals surface area contributed by atoms with Crippen molar-refractivity contribution in [3.05, 3.63) is 99.7 Å². The van der Waals surface area contributed by atoms with Gasteiger partial charge in [-0.25, -0.2) is 21.2 Å². The molecule has 0 aliphatic heterocycles. The van der Waals surface area contributed by atoms with Crippen LogP contribution in [0, 0.1) is 11.6 Å². The van der Waals surface area contributed by atoms with Crippen LogP contribution in [0.3, 0.4) is 0 Å². The van der Waals surface area contributed by atoms with Crippen molar-refractivity contribution in [2.24, 2.45) is 0 Å². The number of rotatable bonds is 2. The van der Waals surface area contributed by atoms with Gasteiger partial charge < -0.3 is 4.98 Å². The highest BCUT2D eigenvalue weighted by molar-refractivity contribution is 9.11. The predicted molar refractivity (Wildman–Crippen MR) is 125 cm³/mol. The predicted octanol–water partition coefficient (Wildman–Crippen LogP) is 6.85. The summed E-state index contributed by atoms with van der Waals surface area (Å²) in [6.45, 7) is 0. The van der Waals surface area contributed by atoms with Gasteiger partial charge in [0.05, 0.1) is 10.4 Å². The third-order valence-electron chi connectivity index (χ3n) is 4.57. The summed E-state index contributed by atoms with van der Waals surface area (Å²) < 4.78 is 53.7. The van der Waals surface area contributed by atoms with Gasteiger partial charge >= 0.3 is 0 Å². The molecule has 4 nitrogen and oxygen atoms in total. The third kappa shape index (κ3) is 4.30. The Morgan fingerprint density at radius 2 is 1.45 bits per heavy atom. The molecule has 0 spiro atoms. The Hall–Kier alpha value is -2.49. The topological polar surface area (TPSA) is 54.9 Å². The number of nitrogens with zero attached hydrogens (tertiary/aromatic N) is 1. The molecule has 1 N–H and O–H groups in total. The summed E-state index contributed by atoms with van der Waals surface area (Å²) >= 11 is 6.50. The van der Waals surface area contributed by atoms with Gasteiger partial charge in [0.2, 0.25) is 0 Å². The number of benzene rings is 3. The second kappa shape index (κ2) is 8.57. The molecule has 5 rings (SSSR count). The average molecular weight is 568 g/mol. The minimum absolute atomic E-state index is 0.165. The smallest absolute Gasteiger partial charge is 0.268 e. The Bertz CT molecular complexity index is 1500. The molecule has 9 heteroatoms. The first-order valence-corrected chi connectivity index (χ1v) is 12.0. The monoisotopic (exact) mass is 566 g/mol. The summed E-state index contributed by atoms with van der Waals surface area (Å²) in [6, 6.07) is 17.0. The molecule has 3 aromatic carbocycles. The van der Waals surface area contributed by atoms with Crippen molar-refractivity contribution in [3.8, 4) is 0 Å². The Kier molecular flexibility index (Phi) is 6.00. The van der Waals surface area contributed by atoms with E-state index in [1.54, 1.807) is 30.5 Å². The number of aromatic nitrogens is 2. The fourth-order valence-electron chi connectivity index (χ4n) is 3.15. The highest BCUT2D eigenvalue weighted by Gasteiger charge is 2.19. The fourth-order valence-corrected chi connectivity index (χ4v) is 5.62. The molecule has 5 aromatic rings. The molecule has 0 aliphatic carbocycles. The number of H-pyrrole nitrogens is 1. The van der Waals surface area contributed by atoms with Crippen LogP contribution < -0.4 is 0 Å². The summed E-state index contributed by atoms with van der Waals surface area (Å²) in [7, 11) is -3.73. The van der Waals surface area contributed by atoms with Crippen LogP contribution in [-0.2, 0) is 10.0 Å². The lowest BCUT2D eigenvalue weighted by Crippen LogP contribution is -2.11. The maximum Gasteiger partial charge on any atom is 0.268 e. The number of nitrogens with one attached hydrogen (secondary N) is 1. The molecule has 31 heavy (non-hydrogen) atoms. The first-order chi connectivity index (χ1) is 14.8. The van der Waals surface area contributed by atoms with Crippen LogP contribution in [0.2, 0.25) is 0 Å². The lowest BCUT2D eigenvalue weighted by atomic mass is 10.2. The molecule has 0 amide bonds. The van der Waals surface area contributed by atoms with E-state index in [0.717, 1.165) is 19.3 Å². The van der Waals surface area contributed by atoms with Crippen molar-refractivity contribution in [3.63, 3.8) is 0 Å². The van der Waals surface area contributed by atoms with Crippen LogP contribution in [0.15, 0.2) is 93.0 Å². The Balaban J connectivity index is 0.000000177. The second-order valence-corrected chi connectivity index (χ2v) is 10.1. The molecule has 0 bridgehead atoms. The Morgan fingerprint density at radius 1 is 0.806 bits per heavy atom. The van der Waals surface area contributed by atoms with E-state index >= 15 is 0 Å². The number of hydrogen-bond donors (Lipinski definition) is 1. The van der Waals surface area contributed by atoms with E-state index in [2.05, 4.69) is 36.8 Å². The summed E-state index contributed by atoms with van der Waals surface area (Å²) in [5, 5.41) is 1.65. The van der Waals surface area contributed by atoms with Crippen LogP contribution >= 0.6 is 31.9 Å². The molecule has 0 radical (unpaired) electrons. The molecule has 2 heterocycles. The number of aromatic amines is 1.